The van der Waals surface area contributed by atoms with E-state index in [1.54, 1.807) is 6.92 Å². The first-order chi connectivity index (χ1) is 9.85. The SMILES string of the molecule is CCC1C(=O)NC(=O)CN1C(=O)C1CC(C)CC1C(=O)O. The molecule has 0 aromatic heterocycles. The van der Waals surface area contributed by atoms with Crippen LogP contribution in [0.3, 0.4) is 0 Å². The fraction of sp³-hybridized carbons (Fsp3) is 0.714. The lowest BCUT2D eigenvalue weighted by Crippen LogP contribution is -2.60. The Hall–Kier alpha value is -1.92. The lowest BCUT2D eigenvalue weighted by Gasteiger charge is -2.35. The molecular weight excluding hydrogens is 276 g/mol. The van der Waals surface area contributed by atoms with Gasteiger partial charge in [0.2, 0.25) is 17.7 Å². The van der Waals surface area contributed by atoms with E-state index in [-0.39, 0.29) is 18.4 Å². The molecule has 3 amide bonds. The summed E-state index contributed by atoms with van der Waals surface area (Å²) in [6, 6.07) is -0.694. The van der Waals surface area contributed by atoms with Gasteiger partial charge >= 0.3 is 5.97 Å². The van der Waals surface area contributed by atoms with Gasteiger partial charge in [0.1, 0.15) is 12.6 Å². The highest BCUT2D eigenvalue weighted by molar-refractivity contribution is 6.04. The van der Waals surface area contributed by atoms with Crippen molar-refractivity contribution in [2.75, 3.05) is 6.54 Å². The molecule has 4 unspecified atom stereocenters. The van der Waals surface area contributed by atoms with Crippen molar-refractivity contribution >= 4 is 23.7 Å². The largest absolute Gasteiger partial charge is 0.481 e. The molecule has 0 spiro atoms. The molecule has 0 aromatic rings. The van der Waals surface area contributed by atoms with Crippen molar-refractivity contribution in [3.63, 3.8) is 0 Å². The molecule has 21 heavy (non-hydrogen) atoms. The Morgan fingerprint density at radius 3 is 2.48 bits per heavy atom. The van der Waals surface area contributed by atoms with Crippen LogP contribution in [0.4, 0.5) is 0 Å². The van der Waals surface area contributed by atoms with Crippen molar-refractivity contribution in [3.05, 3.63) is 0 Å². The summed E-state index contributed by atoms with van der Waals surface area (Å²) in [5, 5.41) is 11.5. The van der Waals surface area contributed by atoms with Crippen LogP contribution in [0.5, 0.6) is 0 Å². The minimum absolute atomic E-state index is 0.148. The van der Waals surface area contributed by atoms with Gasteiger partial charge in [0.15, 0.2) is 0 Å². The van der Waals surface area contributed by atoms with Gasteiger partial charge in [-0.25, -0.2) is 0 Å². The molecule has 7 heteroatoms. The summed E-state index contributed by atoms with van der Waals surface area (Å²) in [5.74, 6) is -3.61. The first-order valence-electron chi connectivity index (χ1n) is 7.22. The Morgan fingerprint density at radius 1 is 1.29 bits per heavy atom. The van der Waals surface area contributed by atoms with E-state index >= 15 is 0 Å². The topological polar surface area (TPSA) is 104 Å². The standard InChI is InChI=1S/C14H20N2O5/c1-3-10-12(18)15-11(17)6-16(10)13(19)8-4-7(2)5-9(8)14(20)21/h7-10H,3-6H2,1-2H3,(H,20,21)(H,15,17,18). The maximum atomic E-state index is 12.7. The molecule has 2 rings (SSSR count). The van der Waals surface area contributed by atoms with Gasteiger partial charge in [-0.05, 0) is 25.2 Å². The number of amides is 3. The van der Waals surface area contributed by atoms with Crippen LogP contribution in [0.2, 0.25) is 0 Å². The summed E-state index contributed by atoms with van der Waals surface area (Å²) in [7, 11) is 0. The summed E-state index contributed by atoms with van der Waals surface area (Å²) in [4.78, 5) is 48.5. The predicted octanol–water partition coefficient (Wildman–Crippen LogP) is -0.00310. The molecule has 1 aliphatic heterocycles. The Kier molecular flexibility index (Phi) is 4.29. The Labute approximate surface area is 122 Å². The number of carboxylic acid groups (broad SMARTS) is 1. The van der Waals surface area contributed by atoms with E-state index in [1.807, 2.05) is 6.92 Å². The molecular formula is C14H20N2O5. The molecule has 2 fully saturated rings. The van der Waals surface area contributed by atoms with Gasteiger partial charge in [-0.3, -0.25) is 24.5 Å². The maximum Gasteiger partial charge on any atom is 0.307 e. The summed E-state index contributed by atoms with van der Waals surface area (Å²) >= 11 is 0. The van der Waals surface area contributed by atoms with Gasteiger partial charge in [0, 0.05) is 0 Å². The number of nitrogens with one attached hydrogen (secondary N) is 1. The molecule has 2 aliphatic rings. The molecule has 0 aromatic carbocycles. The highest BCUT2D eigenvalue weighted by Gasteiger charge is 2.46. The van der Waals surface area contributed by atoms with Gasteiger partial charge in [-0.2, -0.15) is 0 Å². The zero-order chi connectivity index (χ0) is 15.7. The van der Waals surface area contributed by atoms with E-state index in [9.17, 15) is 24.3 Å². The van der Waals surface area contributed by atoms with Crippen LogP contribution >= 0.6 is 0 Å². The predicted molar refractivity (Wildman–Crippen MR) is 72.0 cm³/mol. The average Bonchev–Trinajstić information content (AvgIpc) is 2.79. The van der Waals surface area contributed by atoms with E-state index in [0.29, 0.717) is 19.3 Å². The zero-order valence-electron chi connectivity index (χ0n) is 12.2. The Bertz CT molecular complexity index is 490. The zero-order valence-corrected chi connectivity index (χ0v) is 12.2. The second-order valence-corrected chi connectivity index (χ2v) is 5.93. The molecule has 0 bridgehead atoms. The third kappa shape index (κ3) is 2.91. The van der Waals surface area contributed by atoms with Gasteiger partial charge in [0.05, 0.1) is 11.8 Å². The van der Waals surface area contributed by atoms with E-state index < -0.39 is 35.7 Å². The number of imide groups is 1. The number of piperazine rings is 1. The monoisotopic (exact) mass is 296 g/mol. The van der Waals surface area contributed by atoms with Crippen molar-refractivity contribution in [2.45, 2.75) is 39.2 Å². The molecule has 0 radical (unpaired) electrons. The number of hydrogen-bond acceptors (Lipinski definition) is 4. The first kappa shape index (κ1) is 15.5. The number of carbonyl (C=O) groups excluding carboxylic acids is 3. The molecule has 1 heterocycles. The molecule has 116 valence electrons. The van der Waals surface area contributed by atoms with Crippen LogP contribution in [0, 0.1) is 17.8 Å². The van der Waals surface area contributed by atoms with Gasteiger partial charge in [-0.15, -0.1) is 0 Å². The number of rotatable bonds is 3. The summed E-state index contributed by atoms with van der Waals surface area (Å²) in [5.41, 5.74) is 0. The van der Waals surface area contributed by atoms with Crippen molar-refractivity contribution in [1.82, 2.24) is 10.2 Å². The molecule has 1 saturated heterocycles. The third-order valence-electron chi connectivity index (χ3n) is 4.36. The van der Waals surface area contributed by atoms with Crippen molar-refractivity contribution in [3.8, 4) is 0 Å². The lowest BCUT2D eigenvalue weighted by atomic mass is 9.93. The van der Waals surface area contributed by atoms with E-state index in [0.717, 1.165) is 0 Å². The van der Waals surface area contributed by atoms with Gasteiger partial charge in [0.25, 0.3) is 0 Å². The third-order valence-corrected chi connectivity index (χ3v) is 4.36. The summed E-state index contributed by atoms with van der Waals surface area (Å²) in [6.45, 7) is 3.49. The fourth-order valence-corrected chi connectivity index (χ4v) is 3.35. The molecule has 1 aliphatic carbocycles. The first-order valence-corrected chi connectivity index (χ1v) is 7.22. The molecule has 2 N–H and O–H groups in total. The van der Waals surface area contributed by atoms with Crippen molar-refractivity contribution < 1.29 is 24.3 Å². The number of carboxylic acids is 1. The van der Waals surface area contributed by atoms with Crippen LogP contribution in [0.25, 0.3) is 0 Å². The van der Waals surface area contributed by atoms with Crippen molar-refractivity contribution in [2.24, 2.45) is 17.8 Å². The minimum Gasteiger partial charge on any atom is -0.481 e. The smallest absolute Gasteiger partial charge is 0.307 e. The van der Waals surface area contributed by atoms with Gasteiger partial charge < -0.3 is 10.0 Å². The second-order valence-electron chi connectivity index (χ2n) is 5.93. The molecule has 7 nitrogen and oxygen atoms in total. The molecule has 4 atom stereocenters. The Morgan fingerprint density at radius 2 is 1.90 bits per heavy atom. The van der Waals surface area contributed by atoms with Crippen LogP contribution in [-0.2, 0) is 19.2 Å². The number of hydrogen-bond donors (Lipinski definition) is 2. The highest BCUT2D eigenvalue weighted by Crippen LogP contribution is 2.38. The fourth-order valence-electron chi connectivity index (χ4n) is 3.35. The van der Waals surface area contributed by atoms with Crippen molar-refractivity contribution in [1.29, 1.82) is 0 Å². The average molecular weight is 296 g/mol. The van der Waals surface area contributed by atoms with Crippen LogP contribution in [-0.4, -0.2) is 46.3 Å². The number of nitrogens with zero attached hydrogens (tertiary/aromatic N) is 1. The van der Waals surface area contributed by atoms with E-state index in [4.69, 9.17) is 0 Å². The van der Waals surface area contributed by atoms with Crippen LogP contribution < -0.4 is 5.32 Å². The Balaban J connectivity index is 2.22. The second kappa shape index (κ2) is 5.83. The lowest BCUT2D eigenvalue weighted by molar-refractivity contribution is -0.155. The van der Waals surface area contributed by atoms with E-state index in [2.05, 4.69) is 5.32 Å². The van der Waals surface area contributed by atoms with Gasteiger partial charge in [-0.1, -0.05) is 13.8 Å². The van der Waals surface area contributed by atoms with Crippen LogP contribution in [0.1, 0.15) is 33.1 Å². The number of carbonyl (C=O) groups is 4. The summed E-state index contributed by atoms with van der Waals surface area (Å²) < 4.78 is 0. The minimum atomic E-state index is -0.987. The maximum absolute atomic E-state index is 12.7. The number of aliphatic carboxylic acids is 1. The highest BCUT2D eigenvalue weighted by atomic mass is 16.4. The van der Waals surface area contributed by atoms with E-state index in [1.165, 1.54) is 4.90 Å². The summed E-state index contributed by atoms with van der Waals surface area (Å²) in [6.07, 6.45) is 1.33. The van der Waals surface area contributed by atoms with Crippen LogP contribution in [0.15, 0.2) is 0 Å². The quantitative estimate of drug-likeness (QED) is 0.713. The molecule has 1 saturated carbocycles. The normalized spacial score (nSPS) is 33.0.